The van der Waals surface area contributed by atoms with Gasteiger partial charge in [-0.05, 0) is 43.5 Å². The van der Waals surface area contributed by atoms with E-state index in [1.807, 2.05) is 54.0 Å². The SMILES string of the molecule is Cc1ccccc1-n1c(SCc2nc(C(=O)NC(C)C(C)C)cs2)nnc1-c1ccccc1Cl. The highest BCUT2D eigenvalue weighted by molar-refractivity contribution is 7.98. The second-order valence-corrected chi connectivity index (χ2v) is 10.6. The van der Waals surface area contributed by atoms with Crippen molar-refractivity contribution in [3.8, 4) is 17.1 Å². The number of rotatable bonds is 8. The molecule has 1 amide bonds. The van der Waals surface area contributed by atoms with Crippen molar-refractivity contribution in [1.82, 2.24) is 25.1 Å². The molecule has 34 heavy (non-hydrogen) atoms. The molecule has 0 aliphatic carbocycles. The number of aryl methyl sites for hydroxylation is 1. The predicted octanol–water partition coefficient (Wildman–Crippen LogP) is 6.42. The maximum atomic E-state index is 12.5. The number of nitrogens with zero attached hydrogens (tertiary/aromatic N) is 4. The summed E-state index contributed by atoms with van der Waals surface area (Å²) in [6.45, 7) is 8.22. The van der Waals surface area contributed by atoms with Crippen molar-refractivity contribution in [3.63, 3.8) is 0 Å². The second-order valence-electron chi connectivity index (χ2n) is 8.33. The first-order valence-electron chi connectivity index (χ1n) is 11.0. The number of amides is 1. The van der Waals surface area contributed by atoms with Crippen LogP contribution in [0.2, 0.25) is 5.02 Å². The Balaban J connectivity index is 1.60. The molecule has 176 valence electrons. The Labute approximate surface area is 212 Å². The summed E-state index contributed by atoms with van der Waals surface area (Å²) in [6, 6.07) is 15.8. The van der Waals surface area contributed by atoms with Gasteiger partial charge in [0.1, 0.15) is 10.7 Å². The zero-order chi connectivity index (χ0) is 24.2. The molecule has 4 aromatic rings. The summed E-state index contributed by atoms with van der Waals surface area (Å²) in [5, 5.41) is 16.0. The van der Waals surface area contributed by atoms with Crippen LogP contribution in [0.15, 0.2) is 59.1 Å². The van der Waals surface area contributed by atoms with Gasteiger partial charge in [-0.25, -0.2) is 4.98 Å². The number of carbonyl (C=O) groups excluding carboxylic acids is 1. The maximum Gasteiger partial charge on any atom is 0.270 e. The molecule has 0 fully saturated rings. The molecule has 0 bridgehead atoms. The van der Waals surface area contributed by atoms with E-state index in [0.29, 0.717) is 28.2 Å². The van der Waals surface area contributed by atoms with Crippen LogP contribution < -0.4 is 5.32 Å². The number of carbonyl (C=O) groups is 1. The fourth-order valence-electron chi connectivity index (χ4n) is 3.27. The molecule has 4 rings (SSSR count). The van der Waals surface area contributed by atoms with E-state index >= 15 is 0 Å². The van der Waals surface area contributed by atoms with Crippen LogP contribution >= 0.6 is 34.7 Å². The van der Waals surface area contributed by atoms with Gasteiger partial charge in [0.2, 0.25) is 0 Å². The molecule has 0 aliphatic rings. The number of thiazole rings is 1. The number of thioether (sulfide) groups is 1. The highest BCUT2D eigenvalue weighted by Crippen LogP contribution is 2.34. The van der Waals surface area contributed by atoms with Crippen molar-refractivity contribution < 1.29 is 4.79 Å². The molecular formula is C25H26ClN5OS2. The minimum atomic E-state index is -0.141. The van der Waals surface area contributed by atoms with E-state index in [0.717, 1.165) is 27.0 Å². The van der Waals surface area contributed by atoms with Gasteiger partial charge in [0.05, 0.1) is 16.5 Å². The summed E-state index contributed by atoms with van der Waals surface area (Å²) in [5.41, 5.74) is 3.36. The fourth-order valence-corrected chi connectivity index (χ4v) is 5.22. The average molecular weight is 512 g/mol. The third-order valence-corrected chi connectivity index (χ3v) is 7.87. The second kappa shape index (κ2) is 10.7. The molecule has 0 aliphatic heterocycles. The molecular weight excluding hydrogens is 486 g/mol. The Morgan fingerprint density at radius 1 is 1.12 bits per heavy atom. The van der Waals surface area contributed by atoms with Crippen molar-refractivity contribution >= 4 is 40.6 Å². The highest BCUT2D eigenvalue weighted by Gasteiger charge is 2.20. The lowest BCUT2D eigenvalue weighted by atomic mass is 10.1. The Bertz CT molecular complexity index is 1300. The van der Waals surface area contributed by atoms with Crippen LogP contribution in [-0.2, 0) is 5.75 Å². The van der Waals surface area contributed by atoms with E-state index in [2.05, 4.69) is 47.3 Å². The van der Waals surface area contributed by atoms with Crippen molar-refractivity contribution in [3.05, 3.63) is 75.2 Å². The topological polar surface area (TPSA) is 72.7 Å². The molecule has 1 unspecified atom stereocenters. The standard InChI is InChI=1S/C25H26ClN5OS2/c1-15(2)17(4)27-24(32)20-13-33-22(28-20)14-34-25-30-29-23(18-10-6-7-11-19(18)26)31(25)21-12-8-5-9-16(21)3/h5-13,15,17H,14H2,1-4H3,(H,27,32). The van der Waals surface area contributed by atoms with Crippen LogP contribution in [-0.4, -0.2) is 31.7 Å². The van der Waals surface area contributed by atoms with Crippen molar-refractivity contribution in [2.45, 2.75) is 44.6 Å². The summed E-state index contributed by atoms with van der Waals surface area (Å²) < 4.78 is 2.03. The molecule has 0 radical (unpaired) electrons. The Morgan fingerprint density at radius 3 is 2.59 bits per heavy atom. The molecule has 2 aromatic carbocycles. The summed E-state index contributed by atoms with van der Waals surface area (Å²) >= 11 is 9.50. The average Bonchev–Trinajstić information content (AvgIpc) is 3.45. The molecule has 2 aromatic heterocycles. The van der Waals surface area contributed by atoms with Crippen LogP contribution in [0.4, 0.5) is 0 Å². The highest BCUT2D eigenvalue weighted by atomic mass is 35.5. The Morgan fingerprint density at radius 2 is 1.85 bits per heavy atom. The van der Waals surface area contributed by atoms with Crippen molar-refractivity contribution in [1.29, 1.82) is 0 Å². The third kappa shape index (κ3) is 5.35. The summed E-state index contributed by atoms with van der Waals surface area (Å²) in [4.78, 5) is 17.0. The summed E-state index contributed by atoms with van der Waals surface area (Å²) in [7, 11) is 0. The molecule has 2 heterocycles. The van der Waals surface area contributed by atoms with E-state index in [4.69, 9.17) is 11.6 Å². The fraction of sp³-hybridized carbons (Fsp3) is 0.280. The lowest BCUT2D eigenvalue weighted by molar-refractivity contribution is 0.0926. The predicted molar refractivity (Wildman–Crippen MR) is 140 cm³/mol. The molecule has 0 saturated heterocycles. The van der Waals surface area contributed by atoms with Crippen LogP contribution in [0.3, 0.4) is 0 Å². The van der Waals surface area contributed by atoms with Crippen LogP contribution in [0, 0.1) is 12.8 Å². The Hall–Kier alpha value is -2.68. The van der Waals surface area contributed by atoms with Gasteiger partial charge in [-0.1, -0.05) is 67.5 Å². The van der Waals surface area contributed by atoms with E-state index < -0.39 is 0 Å². The number of halogens is 1. The van der Waals surface area contributed by atoms with E-state index in [1.165, 1.54) is 23.1 Å². The first-order chi connectivity index (χ1) is 16.3. The van der Waals surface area contributed by atoms with E-state index in [-0.39, 0.29) is 11.9 Å². The van der Waals surface area contributed by atoms with Gasteiger partial charge in [0, 0.05) is 17.0 Å². The quantitative estimate of drug-likeness (QED) is 0.276. The number of para-hydroxylation sites is 1. The van der Waals surface area contributed by atoms with Gasteiger partial charge in [-0.2, -0.15) is 0 Å². The van der Waals surface area contributed by atoms with Gasteiger partial charge in [-0.15, -0.1) is 21.5 Å². The molecule has 9 heteroatoms. The summed E-state index contributed by atoms with van der Waals surface area (Å²) in [6.07, 6.45) is 0. The zero-order valence-corrected chi connectivity index (χ0v) is 21.8. The zero-order valence-electron chi connectivity index (χ0n) is 19.4. The van der Waals surface area contributed by atoms with Crippen molar-refractivity contribution in [2.24, 2.45) is 5.92 Å². The van der Waals surface area contributed by atoms with Gasteiger partial charge in [-0.3, -0.25) is 9.36 Å². The summed E-state index contributed by atoms with van der Waals surface area (Å²) in [5.74, 6) is 1.48. The normalized spacial score (nSPS) is 12.2. The number of nitrogens with one attached hydrogen (secondary N) is 1. The molecule has 6 nitrogen and oxygen atoms in total. The van der Waals surface area contributed by atoms with Crippen LogP contribution in [0.25, 0.3) is 17.1 Å². The third-order valence-electron chi connectivity index (χ3n) is 5.57. The first kappa shape index (κ1) is 24.4. The number of benzene rings is 2. The lowest BCUT2D eigenvalue weighted by Gasteiger charge is -2.16. The lowest BCUT2D eigenvalue weighted by Crippen LogP contribution is -2.36. The number of hydrogen-bond acceptors (Lipinski definition) is 6. The van der Waals surface area contributed by atoms with Gasteiger partial charge in [0.25, 0.3) is 5.91 Å². The monoisotopic (exact) mass is 511 g/mol. The van der Waals surface area contributed by atoms with E-state index in [9.17, 15) is 4.79 Å². The van der Waals surface area contributed by atoms with Gasteiger partial charge in [0.15, 0.2) is 11.0 Å². The number of hydrogen-bond donors (Lipinski definition) is 1. The molecule has 0 saturated carbocycles. The minimum absolute atomic E-state index is 0.0860. The minimum Gasteiger partial charge on any atom is -0.348 e. The molecule has 1 atom stereocenters. The van der Waals surface area contributed by atoms with Gasteiger partial charge >= 0.3 is 0 Å². The Kier molecular flexibility index (Phi) is 7.70. The van der Waals surface area contributed by atoms with Crippen LogP contribution in [0.5, 0.6) is 0 Å². The smallest absolute Gasteiger partial charge is 0.270 e. The molecule has 1 N–H and O–H groups in total. The first-order valence-corrected chi connectivity index (χ1v) is 13.2. The maximum absolute atomic E-state index is 12.5. The number of aromatic nitrogens is 4. The van der Waals surface area contributed by atoms with Crippen molar-refractivity contribution in [2.75, 3.05) is 0 Å². The molecule has 0 spiro atoms. The van der Waals surface area contributed by atoms with Gasteiger partial charge < -0.3 is 5.32 Å². The van der Waals surface area contributed by atoms with E-state index in [1.54, 1.807) is 5.38 Å². The largest absolute Gasteiger partial charge is 0.348 e. The van der Waals surface area contributed by atoms with Crippen LogP contribution in [0.1, 0.15) is 41.8 Å².